The van der Waals surface area contributed by atoms with Crippen molar-refractivity contribution in [1.29, 1.82) is 0 Å². The van der Waals surface area contributed by atoms with E-state index in [9.17, 15) is 4.79 Å². The number of tetrazole rings is 1. The number of para-hydroxylation sites is 2. The minimum atomic E-state index is -0.364. The van der Waals surface area contributed by atoms with Gasteiger partial charge in [-0.05, 0) is 59.0 Å². The molecule has 6 rings (SSSR count). The molecule has 2 fully saturated rings. The Morgan fingerprint density at radius 2 is 1.74 bits per heavy atom. The van der Waals surface area contributed by atoms with E-state index in [0.717, 1.165) is 67.2 Å². The van der Waals surface area contributed by atoms with Crippen molar-refractivity contribution in [2.75, 3.05) is 45.3 Å². The Hall–Kier alpha value is -3.92. The summed E-state index contributed by atoms with van der Waals surface area (Å²) in [6.07, 6.45) is 5.70. The van der Waals surface area contributed by atoms with E-state index in [0.29, 0.717) is 11.3 Å². The minimum absolute atomic E-state index is 0.133. The number of H-pyrrole nitrogens is 1. The van der Waals surface area contributed by atoms with Crippen molar-refractivity contribution in [3.8, 4) is 11.5 Å². The molecule has 0 spiro atoms. The van der Waals surface area contributed by atoms with Gasteiger partial charge in [-0.1, -0.05) is 31.4 Å². The zero-order valence-corrected chi connectivity index (χ0v) is 22.5. The quantitative estimate of drug-likeness (QED) is 0.384. The van der Waals surface area contributed by atoms with E-state index in [2.05, 4.69) is 36.4 Å². The first kappa shape index (κ1) is 25.4. The molecule has 4 aromatic rings. The molecule has 0 radical (unpaired) electrons. The van der Waals surface area contributed by atoms with Crippen molar-refractivity contribution < 1.29 is 9.47 Å². The number of benzene rings is 2. The van der Waals surface area contributed by atoms with Gasteiger partial charge in [-0.2, -0.15) is 0 Å². The molecule has 3 heterocycles. The number of fused-ring (bicyclic) bond motifs is 1. The highest BCUT2D eigenvalue weighted by Gasteiger charge is 2.34. The summed E-state index contributed by atoms with van der Waals surface area (Å²) < 4.78 is 13.0. The third-order valence-electron chi connectivity index (χ3n) is 8.17. The molecule has 0 bridgehead atoms. The fourth-order valence-electron chi connectivity index (χ4n) is 6.10. The molecule has 1 aliphatic carbocycles. The van der Waals surface area contributed by atoms with E-state index in [1.54, 1.807) is 14.2 Å². The van der Waals surface area contributed by atoms with Crippen LogP contribution < -0.4 is 19.9 Å². The van der Waals surface area contributed by atoms with Gasteiger partial charge in [0.1, 0.15) is 17.5 Å². The monoisotopic (exact) mass is 529 g/mol. The van der Waals surface area contributed by atoms with Gasteiger partial charge in [0.15, 0.2) is 5.82 Å². The zero-order valence-electron chi connectivity index (χ0n) is 22.5. The second-order valence-electron chi connectivity index (χ2n) is 10.4. The number of rotatable bonds is 7. The molecule has 2 aromatic carbocycles. The lowest BCUT2D eigenvalue weighted by atomic mass is 9.95. The Morgan fingerprint density at radius 1 is 0.949 bits per heavy atom. The normalized spacial score (nSPS) is 17.8. The maximum absolute atomic E-state index is 13.6. The first-order chi connectivity index (χ1) is 19.2. The molecule has 1 saturated carbocycles. The van der Waals surface area contributed by atoms with Gasteiger partial charge in [0.2, 0.25) is 0 Å². The molecule has 0 unspecified atom stereocenters. The molecule has 0 amide bonds. The first-order valence-electron chi connectivity index (χ1n) is 13.8. The zero-order chi connectivity index (χ0) is 26.8. The highest BCUT2D eigenvalue weighted by molar-refractivity contribution is 5.80. The second kappa shape index (κ2) is 11.1. The number of aromatic nitrogens is 5. The lowest BCUT2D eigenvalue weighted by Gasteiger charge is -2.40. The SMILES string of the molecule is COc1ccc2cc([C@H](c3nnnn3C3CCCCC3)N3CCN(c4ccccc4OC)CC3)c(=O)[nH]c2c1. The summed E-state index contributed by atoms with van der Waals surface area (Å²) in [7, 11) is 3.33. The molecule has 10 heteroatoms. The summed E-state index contributed by atoms with van der Waals surface area (Å²) in [6, 6.07) is 15.7. The Morgan fingerprint density at radius 3 is 2.51 bits per heavy atom. The molecular formula is C29H35N7O3. The van der Waals surface area contributed by atoms with Crippen LogP contribution in [0.3, 0.4) is 0 Å². The maximum atomic E-state index is 13.6. The lowest BCUT2D eigenvalue weighted by Crippen LogP contribution is -2.49. The van der Waals surface area contributed by atoms with E-state index in [1.165, 1.54) is 19.3 Å². The van der Waals surface area contributed by atoms with Crippen molar-refractivity contribution in [2.45, 2.75) is 44.2 Å². The number of aromatic amines is 1. The third kappa shape index (κ3) is 4.96. The standard InChI is InChI=1S/C29H35N7O3/c1-38-22-13-12-20-18-23(29(37)30-24(20)19-22)27(28-31-32-33-36(28)21-8-4-3-5-9-21)35-16-14-34(15-17-35)25-10-6-7-11-26(25)39-2/h6-7,10-13,18-19,21,27H,3-5,8-9,14-17H2,1-2H3,(H,30,37)/t27-/m1/s1. The van der Waals surface area contributed by atoms with Gasteiger partial charge < -0.3 is 19.4 Å². The Bertz CT molecular complexity index is 1490. The molecule has 39 heavy (non-hydrogen) atoms. The number of pyridine rings is 1. The van der Waals surface area contributed by atoms with Crippen LogP contribution in [0, 0.1) is 0 Å². The molecule has 10 nitrogen and oxygen atoms in total. The number of piperazine rings is 1. The second-order valence-corrected chi connectivity index (χ2v) is 10.4. The van der Waals surface area contributed by atoms with E-state index in [-0.39, 0.29) is 17.6 Å². The summed E-state index contributed by atoms with van der Waals surface area (Å²) in [5.74, 6) is 2.31. The number of anilines is 1. The highest BCUT2D eigenvalue weighted by atomic mass is 16.5. The summed E-state index contributed by atoms with van der Waals surface area (Å²) in [5, 5.41) is 14.1. The van der Waals surface area contributed by atoms with Gasteiger partial charge in [-0.3, -0.25) is 9.69 Å². The largest absolute Gasteiger partial charge is 0.497 e. The van der Waals surface area contributed by atoms with E-state index >= 15 is 0 Å². The number of hydrogen-bond donors (Lipinski definition) is 1. The summed E-state index contributed by atoms with van der Waals surface area (Å²) >= 11 is 0. The number of nitrogens with one attached hydrogen (secondary N) is 1. The molecule has 1 atom stereocenters. The Kier molecular flexibility index (Phi) is 7.19. The lowest BCUT2D eigenvalue weighted by molar-refractivity contribution is 0.192. The average molecular weight is 530 g/mol. The Balaban J connectivity index is 1.38. The minimum Gasteiger partial charge on any atom is -0.497 e. The predicted octanol–water partition coefficient (Wildman–Crippen LogP) is 3.95. The predicted molar refractivity (Wildman–Crippen MR) is 150 cm³/mol. The Labute approximate surface area is 227 Å². The van der Waals surface area contributed by atoms with Crippen molar-refractivity contribution in [2.24, 2.45) is 0 Å². The fraction of sp³-hybridized carbons (Fsp3) is 0.448. The van der Waals surface area contributed by atoms with Crippen LogP contribution in [-0.2, 0) is 0 Å². The maximum Gasteiger partial charge on any atom is 0.253 e. The average Bonchev–Trinajstić information content (AvgIpc) is 3.47. The molecular weight excluding hydrogens is 494 g/mol. The van der Waals surface area contributed by atoms with E-state index < -0.39 is 0 Å². The highest BCUT2D eigenvalue weighted by Crippen LogP contribution is 2.35. The van der Waals surface area contributed by atoms with Crippen molar-refractivity contribution >= 4 is 16.6 Å². The smallest absolute Gasteiger partial charge is 0.253 e. The van der Waals surface area contributed by atoms with Crippen LogP contribution in [0.4, 0.5) is 5.69 Å². The summed E-state index contributed by atoms with van der Waals surface area (Å²) in [6.45, 7) is 3.09. The van der Waals surface area contributed by atoms with E-state index in [4.69, 9.17) is 9.47 Å². The molecule has 1 saturated heterocycles. The van der Waals surface area contributed by atoms with Gasteiger partial charge in [-0.15, -0.1) is 5.10 Å². The topological polar surface area (TPSA) is 101 Å². The summed E-state index contributed by atoms with van der Waals surface area (Å²) in [4.78, 5) is 21.4. The third-order valence-corrected chi connectivity index (χ3v) is 8.17. The summed E-state index contributed by atoms with van der Waals surface area (Å²) in [5.41, 5.74) is 2.35. The molecule has 1 aliphatic heterocycles. The van der Waals surface area contributed by atoms with Crippen molar-refractivity contribution in [1.82, 2.24) is 30.1 Å². The van der Waals surface area contributed by atoms with Crippen LogP contribution in [0.25, 0.3) is 10.9 Å². The number of ether oxygens (including phenoxy) is 2. The van der Waals surface area contributed by atoms with Crippen LogP contribution in [0.1, 0.15) is 55.6 Å². The van der Waals surface area contributed by atoms with Crippen LogP contribution >= 0.6 is 0 Å². The van der Waals surface area contributed by atoms with Crippen molar-refractivity contribution in [3.63, 3.8) is 0 Å². The molecule has 2 aliphatic rings. The number of methoxy groups -OCH3 is 2. The van der Waals surface area contributed by atoms with Gasteiger partial charge in [0, 0.05) is 37.8 Å². The molecule has 1 N–H and O–H groups in total. The molecule has 2 aromatic heterocycles. The van der Waals surface area contributed by atoms with Gasteiger partial charge in [0.25, 0.3) is 5.56 Å². The van der Waals surface area contributed by atoms with Gasteiger partial charge >= 0.3 is 0 Å². The molecule has 204 valence electrons. The van der Waals surface area contributed by atoms with Gasteiger partial charge in [0.05, 0.1) is 31.5 Å². The van der Waals surface area contributed by atoms with Gasteiger partial charge in [-0.25, -0.2) is 4.68 Å². The van der Waals surface area contributed by atoms with E-state index in [1.807, 2.05) is 47.1 Å². The van der Waals surface area contributed by atoms with Crippen LogP contribution in [0.5, 0.6) is 11.5 Å². The number of hydrogen-bond acceptors (Lipinski definition) is 8. The van der Waals surface area contributed by atoms with Crippen LogP contribution in [0.2, 0.25) is 0 Å². The number of nitrogens with zero attached hydrogens (tertiary/aromatic N) is 6. The fourth-order valence-corrected chi connectivity index (χ4v) is 6.10. The van der Waals surface area contributed by atoms with Crippen molar-refractivity contribution in [3.05, 3.63) is 70.3 Å². The van der Waals surface area contributed by atoms with Crippen LogP contribution in [0.15, 0.2) is 53.3 Å². The van der Waals surface area contributed by atoms with Crippen LogP contribution in [-0.4, -0.2) is 70.5 Å². The first-order valence-corrected chi connectivity index (χ1v) is 13.8.